The minimum absolute atomic E-state index is 0.106. The molecule has 0 spiro atoms. The molecule has 1 heterocycles. The van der Waals surface area contributed by atoms with Gasteiger partial charge >= 0.3 is 6.09 Å². The lowest BCUT2D eigenvalue weighted by molar-refractivity contribution is 0.0130. The van der Waals surface area contributed by atoms with Gasteiger partial charge in [-0.1, -0.05) is 18.5 Å². The van der Waals surface area contributed by atoms with Gasteiger partial charge in [-0.15, -0.1) is 0 Å². The third-order valence-electron chi connectivity index (χ3n) is 2.82. The van der Waals surface area contributed by atoms with Crippen LogP contribution in [0, 0.1) is 0 Å². The quantitative estimate of drug-likeness (QED) is 0.736. The van der Waals surface area contributed by atoms with E-state index < -0.39 is 5.60 Å². The maximum atomic E-state index is 12.3. The lowest BCUT2D eigenvalue weighted by atomic mass is 10.2. The van der Waals surface area contributed by atoms with Gasteiger partial charge < -0.3 is 14.4 Å². The summed E-state index contributed by atoms with van der Waals surface area (Å²) in [5, 5.41) is 0.418. The van der Waals surface area contributed by atoms with Crippen LogP contribution in [0.25, 0.3) is 0 Å². The molecule has 0 fully saturated rings. The van der Waals surface area contributed by atoms with Crippen LogP contribution >= 0.6 is 11.6 Å². The van der Waals surface area contributed by atoms with Crippen molar-refractivity contribution in [2.24, 2.45) is 0 Å². The van der Waals surface area contributed by atoms with Gasteiger partial charge in [0.15, 0.2) is 0 Å². The van der Waals surface area contributed by atoms with E-state index in [1.807, 2.05) is 34.6 Å². The van der Waals surface area contributed by atoms with E-state index in [0.29, 0.717) is 24.1 Å². The van der Waals surface area contributed by atoms with Crippen molar-refractivity contribution in [3.05, 3.63) is 23.5 Å². The van der Waals surface area contributed by atoms with Crippen molar-refractivity contribution in [3.63, 3.8) is 0 Å². The molecule has 1 amide bonds. The molecule has 0 N–H and O–H groups in total. The molecule has 124 valence electrons. The fraction of sp³-hybridized carbons (Fsp3) is 0.625. The molecule has 1 rings (SSSR count). The summed E-state index contributed by atoms with van der Waals surface area (Å²) in [5.41, 5.74) is -0.510. The van der Waals surface area contributed by atoms with Crippen molar-refractivity contribution in [2.45, 2.75) is 52.7 Å². The van der Waals surface area contributed by atoms with Gasteiger partial charge in [0.25, 0.3) is 0 Å². The van der Waals surface area contributed by atoms with Crippen LogP contribution in [0.4, 0.5) is 4.79 Å². The number of ether oxygens (including phenoxy) is 2. The van der Waals surface area contributed by atoms with E-state index in [9.17, 15) is 4.79 Å². The van der Waals surface area contributed by atoms with Crippen LogP contribution in [0.15, 0.2) is 18.3 Å². The molecule has 0 aliphatic rings. The van der Waals surface area contributed by atoms with E-state index in [-0.39, 0.29) is 12.1 Å². The third-order valence-corrected chi connectivity index (χ3v) is 3.04. The first-order valence-corrected chi connectivity index (χ1v) is 7.84. The maximum absolute atomic E-state index is 12.3. The number of pyridine rings is 1. The molecule has 0 saturated heterocycles. The summed E-state index contributed by atoms with van der Waals surface area (Å²) in [7, 11) is 0. The van der Waals surface area contributed by atoms with Gasteiger partial charge in [0.05, 0.1) is 12.2 Å². The smallest absolute Gasteiger partial charge is 0.410 e. The zero-order chi connectivity index (χ0) is 16.8. The highest BCUT2D eigenvalue weighted by atomic mass is 35.5. The van der Waals surface area contributed by atoms with Crippen LogP contribution in [0.5, 0.6) is 5.75 Å². The second-order valence-electron chi connectivity index (χ2n) is 6.15. The van der Waals surface area contributed by atoms with Gasteiger partial charge in [-0.2, -0.15) is 0 Å². The minimum Gasteiger partial charge on any atom is -0.490 e. The lowest BCUT2D eigenvalue weighted by Crippen LogP contribution is -2.45. The molecule has 0 aliphatic carbocycles. The first kappa shape index (κ1) is 18.6. The molecule has 5 nitrogen and oxygen atoms in total. The standard InChI is InChI=1S/C16H25ClN2O3/c1-6-9-19(15(20)22-16(3,4)5)12(2)11-21-13-7-8-14(17)18-10-13/h7-8,10,12H,6,9,11H2,1-5H3. The van der Waals surface area contributed by atoms with E-state index in [4.69, 9.17) is 21.1 Å². The molecule has 0 radical (unpaired) electrons. The number of rotatable bonds is 6. The summed E-state index contributed by atoms with van der Waals surface area (Å²) in [4.78, 5) is 17.9. The summed E-state index contributed by atoms with van der Waals surface area (Å²) in [6.45, 7) is 10.5. The Morgan fingerprint density at radius 2 is 2.09 bits per heavy atom. The predicted octanol–water partition coefficient (Wildman–Crippen LogP) is 4.15. The molecule has 1 aromatic heterocycles. The van der Waals surface area contributed by atoms with Crippen LogP contribution in [-0.2, 0) is 4.74 Å². The van der Waals surface area contributed by atoms with Crippen molar-refractivity contribution in [1.82, 2.24) is 9.88 Å². The Morgan fingerprint density at radius 3 is 2.59 bits per heavy atom. The number of aromatic nitrogens is 1. The Labute approximate surface area is 137 Å². The Kier molecular flexibility index (Phi) is 6.94. The van der Waals surface area contributed by atoms with E-state index in [1.165, 1.54) is 0 Å². The Bertz CT molecular complexity index is 471. The highest BCUT2D eigenvalue weighted by Gasteiger charge is 2.25. The van der Waals surface area contributed by atoms with Crippen LogP contribution < -0.4 is 4.74 Å². The van der Waals surface area contributed by atoms with Crippen LogP contribution in [-0.4, -0.2) is 40.8 Å². The number of carbonyl (C=O) groups excluding carboxylic acids is 1. The number of halogens is 1. The van der Waals surface area contributed by atoms with Gasteiger partial charge in [0, 0.05) is 6.54 Å². The molecule has 22 heavy (non-hydrogen) atoms. The van der Waals surface area contributed by atoms with Crippen LogP contribution in [0.3, 0.4) is 0 Å². The molecule has 0 bridgehead atoms. The lowest BCUT2D eigenvalue weighted by Gasteiger charge is -2.31. The maximum Gasteiger partial charge on any atom is 0.410 e. The van der Waals surface area contributed by atoms with Gasteiger partial charge in [0.1, 0.15) is 23.1 Å². The summed E-state index contributed by atoms with van der Waals surface area (Å²) in [6.07, 6.45) is 2.10. The monoisotopic (exact) mass is 328 g/mol. The molecule has 1 atom stereocenters. The molecule has 0 aromatic carbocycles. The van der Waals surface area contributed by atoms with Gasteiger partial charge in [0.2, 0.25) is 0 Å². The molecule has 0 saturated carbocycles. The zero-order valence-electron chi connectivity index (χ0n) is 13.9. The third kappa shape index (κ3) is 6.52. The largest absolute Gasteiger partial charge is 0.490 e. The van der Waals surface area contributed by atoms with Crippen molar-refractivity contribution in [2.75, 3.05) is 13.2 Å². The van der Waals surface area contributed by atoms with Crippen molar-refractivity contribution in [3.8, 4) is 5.75 Å². The Hall–Kier alpha value is -1.49. The molecule has 0 aliphatic heterocycles. The summed E-state index contributed by atoms with van der Waals surface area (Å²) in [5.74, 6) is 0.622. The Balaban J connectivity index is 2.62. The van der Waals surface area contributed by atoms with Gasteiger partial charge in [-0.25, -0.2) is 9.78 Å². The van der Waals surface area contributed by atoms with Crippen molar-refractivity contribution >= 4 is 17.7 Å². The van der Waals surface area contributed by atoms with Crippen LogP contribution in [0.2, 0.25) is 5.15 Å². The van der Waals surface area contributed by atoms with E-state index >= 15 is 0 Å². The molecular formula is C16H25ClN2O3. The normalized spacial score (nSPS) is 12.6. The number of nitrogens with zero attached hydrogens (tertiary/aromatic N) is 2. The first-order chi connectivity index (χ1) is 10.2. The van der Waals surface area contributed by atoms with Gasteiger partial charge in [-0.05, 0) is 46.2 Å². The topological polar surface area (TPSA) is 51.7 Å². The van der Waals surface area contributed by atoms with Crippen molar-refractivity contribution < 1.29 is 14.3 Å². The second kappa shape index (κ2) is 8.22. The number of carbonyl (C=O) groups is 1. The number of hydrogen-bond acceptors (Lipinski definition) is 4. The SMILES string of the molecule is CCCN(C(=O)OC(C)(C)C)C(C)COc1ccc(Cl)nc1. The van der Waals surface area contributed by atoms with E-state index in [1.54, 1.807) is 23.2 Å². The van der Waals surface area contributed by atoms with Crippen molar-refractivity contribution in [1.29, 1.82) is 0 Å². The summed E-state index contributed by atoms with van der Waals surface area (Å²) in [6, 6.07) is 3.31. The molecular weight excluding hydrogens is 304 g/mol. The fourth-order valence-electron chi connectivity index (χ4n) is 1.81. The fourth-order valence-corrected chi connectivity index (χ4v) is 1.92. The minimum atomic E-state index is -0.510. The molecule has 6 heteroatoms. The second-order valence-corrected chi connectivity index (χ2v) is 6.54. The van der Waals surface area contributed by atoms with Crippen LogP contribution in [0.1, 0.15) is 41.0 Å². The summed E-state index contributed by atoms with van der Waals surface area (Å²) < 4.78 is 11.1. The first-order valence-electron chi connectivity index (χ1n) is 7.47. The Morgan fingerprint density at radius 1 is 1.41 bits per heavy atom. The highest BCUT2D eigenvalue weighted by Crippen LogP contribution is 2.15. The average Bonchev–Trinajstić information content (AvgIpc) is 2.41. The highest BCUT2D eigenvalue weighted by molar-refractivity contribution is 6.29. The summed E-state index contributed by atoms with van der Waals surface area (Å²) >= 11 is 5.73. The molecule has 1 aromatic rings. The predicted molar refractivity (Wildman–Crippen MR) is 87.4 cm³/mol. The van der Waals surface area contributed by atoms with E-state index in [2.05, 4.69) is 4.98 Å². The number of amides is 1. The van der Waals surface area contributed by atoms with Gasteiger partial charge in [-0.3, -0.25) is 0 Å². The zero-order valence-corrected chi connectivity index (χ0v) is 14.7. The number of hydrogen-bond donors (Lipinski definition) is 0. The van der Waals surface area contributed by atoms with E-state index in [0.717, 1.165) is 6.42 Å². The molecule has 1 unspecified atom stereocenters. The average molecular weight is 329 g/mol.